The zero-order valence-electron chi connectivity index (χ0n) is 20.6. The van der Waals surface area contributed by atoms with Gasteiger partial charge in [-0.1, -0.05) is 0 Å². The summed E-state index contributed by atoms with van der Waals surface area (Å²) in [6.45, 7) is 4.09. The number of halogens is 3. The van der Waals surface area contributed by atoms with Gasteiger partial charge in [-0.3, -0.25) is 4.98 Å². The van der Waals surface area contributed by atoms with E-state index >= 15 is 0 Å². The van der Waals surface area contributed by atoms with Crippen LogP contribution in [0.5, 0.6) is 5.88 Å². The van der Waals surface area contributed by atoms with E-state index < -0.39 is 23.5 Å². The fraction of sp³-hybridized carbons (Fsp3) is 0.269. The quantitative estimate of drug-likeness (QED) is 0.368. The van der Waals surface area contributed by atoms with Crippen molar-refractivity contribution in [2.75, 3.05) is 23.7 Å². The van der Waals surface area contributed by atoms with Gasteiger partial charge in [0.15, 0.2) is 0 Å². The predicted molar refractivity (Wildman–Crippen MR) is 134 cm³/mol. The van der Waals surface area contributed by atoms with Crippen molar-refractivity contribution in [3.8, 4) is 28.3 Å². The Morgan fingerprint density at radius 1 is 1.05 bits per heavy atom. The minimum absolute atomic E-state index is 0.0367. The van der Waals surface area contributed by atoms with Crippen LogP contribution in [-0.4, -0.2) is 48.7 Å². The minimum Gasteiger partial charge on any atom is -0.471 e. The van der Waals surface area contributed by atoms with Gasteiger partial charge in [0, 0.05) is 17.5 Å². The molecule has 0 amide bonds. The van der Waals surface area contributed by atoms with Crippen molar-refractivity contribution in [3.05, 3.63) is 71.6 Å². The highest BCUT2D eigenvalue weighted by atomic mass is 19.3. The van der Waals surface area contributed by atoms with Gasteiger partial charge in [-0.15, -0.1) is 0 Å². The molecule has 38 heavy (non-hydrogen) atoms. The highest BCUT2D eigenvalue weighted by Crippen LogP contribution is 2.39. The van der Waals surface area contributed by atoms with E-state index in [0.717, 1.165) is 0 Å². The Kier molecular flexibility index (Phi) is 6.57. The third-order valence-electron chi connectivity index (χ3n) is 5.90. The number of pyridine rings is 1. The average molecular weight is 524 g/mol. The molecule has 9 nitrogen and oxygen atoms in total. The molecule has 3 N–H and O–H groups in total. The number of aliphatic hydroxyl groups is 1. The Labute approximate surface area is 216 Å². The third kappa shape index (κ3) is 5.35. The topological polar surface area (TPSA) is 123 Å². The monoisotopic (exact) mass is 523 g/mol. The van der Waals surface area contributed by atoms with Crippen LogP contribution < -0.4 is 15.4 Å². The fourth-order valence-corrected chi connectivity index (χ4v) is 4.27. The van der Waals surface area contributed by atoms with Gasteiger partial charge in [0.2, 0.25) is 17.8 Å². The number of aryl methyl sites for hydroxylation is 1. The molecule has 12 heteroatoms. The summed E-state index contributed by atoms with van der Waals surface area (Å²) < 4.78 is 46.9. The zero-order chi connectivity index (χ0) is 27.0. The van der Waals surface area contributed by atoms with E-state index in [9.17, 15) is 18.3 Å². The van der Waals surface area contributed by atoms with Crippen LogP contribution in [0, 0.1) is 12.7 Å². The van der Waals surface area contributed by atoms with Crippen molar-refractivity contribution >= 4 is 11.9 Å². The molecule has 0 spiro atoms. The normalized spacial score (nSPS) is 14.4. The molecule has 1 aliphatic heterocycles. The number of anilines is 2. The Balaban J connectivity index is 1.56. The SMILES string of the molecule is Cc1cc(-c2c(OCc3ccnc(N4CC(C)(O)C4)n3)nc(N)nc2-c2ccc(F)cc2)cc(C(F)F)n1. The molecule has 0 saturated carbocycles. The van der Waals surface area contributed by atoms with Gasteiger partial charge in [0.25, 0.3) is 6.43 Å². The average Bonchev–Trinajstić information content (AvgIpc) is 2.86. The highest BCUT2D eigenvalue weighted by Gasteiger charge is 2.38. The smallest absolute Gasteiger partial charge is 0.280 e. The standard InChI is InChI=1S/C26H24F3N7O2/c1-14-9-16(10-19(32-14)22(28)29)20-21(15-3-5-17(27)6-4-15)34-24(30)35-23(20)38-11-18-7-8-31-25(33-18)36-12-26(2,37)13-36/h3-10,22,37H,11-13H2,1-2H3,(H2,30,34,35). The summed E-state index contributed by atoms with van der Waals surface area (Å²) in [7, 11) is 0. The molecule has 0 radical (unpaired) electrons. The summed E-state index contributed by atoms with van der Waals surface area (Å²) in [5.74, 6) is -0.0842. The molecule has 5 rings (SSSR count). The van der Waals surface area contributed by atoms with E-state index in [0.29, 0.717) is 47.1 Å². The number of alkyl halides is 2. The number of nitrogens with zero attached hydrogens (tertiary/aromatic N) is 6. The largest absolute Gasteiger partial charge is 0.471 e. The number of aromatic nitrogens is 5. The molecule has 0 atom stereocenters. The van der Waals surface area contributed by atoms with E-state index in [-0.39, 0.29) is 24.1 Å². The predicted octanol–water partition coefficient (Wildman–Crippen LogP) is 4.11. The lowest BCUT2D eigenvalue weighted by molar-refractivity contribution is 0.0299. The van der Waals surface area contributed by atoms with Crippen LogP contribution in [-0.2, 0) is 6.61 Å². The van der Waals surface area contributed by atoms with E-state index in [4.69, 9.17) is 10.5 Å². The van der Waals surface area contributed by atoms with Gasteiger partial charge in [-0.25, -0.2) is 28.1 Å². The van der Waals surface area contributed by atoms with Crippen molar-refractivity contribution in [1.29, 1.82) is 0 Å². The Morgan fingerprint density at radius 2 is 1.79 bits per heavy atom. The van der Waals surface area contributed by atoms with E-state index in [1.807, 2.05) is 4.90 Å². The fourth-order valence-electron chi connectivity index (χ4n) is 4.27. The maximum atomic E-state index is 13.6. The number of benzene rings is 1. The number of nitrogen functional groups attached to an aromatic ring is 1. The minimum atomic E-state index is -2.80. The van der Waals surface area contributed by atoms with Gasteiger partial charge in [0.1, 0.15) is 18.1 Å². The van der Waals surface area contributed by atoms with Crippen LogP contribution in [0.25, 0.3) is 22.4 Å². The van der Waals surface area contributed by atoms with Crippen molar-refractivity contribution in [2.45, 2.75) is 32.5 Å². The maximum Gasteiger partial charge on any atom is 0.280 e. The van der Waals surface area contributed by atoms with Crippen molar-refractivity contribution in [2.24, 2.45) is 0 Å². The van der Waals surface area contributed by atoms with Crippen molar-refractivity contribution in [1.82, 2.24) is 24.9 Å². The van der Waals surface area contributed by atoms with Crippen LogP contribution in [0.2, 0.25) is 0 Å². The molecule has 1 saturated heterocycles. The molecule has 4 heterocycles. The zero-order valence-corrected chi connectivity index (χ0v) is 20.6. The van der Waals surface area contributed by atoms with Crippen LogP contribution in [0.4, 0.5) is 25.1 Å². The molecule has 196 valence electrons. The van der Waals surface area contributed by atoms with Gasteiger partial charge < -0.3 is 20.5 Å². The van der Waals surface area contributed by atoms with Gasteiger partial charge in [-0.05, 0) is 61.9 Å². The maximum absolute atomic E-state index is 13.6. The van der Waals surface area contributed by atoms with Crippen LogP contribution >= 0.6 is 0 Å². The summed E-state index contributed by atoms with van der Waals surface area (Å²) in [6.07, 6.45) is -1.22. The molecule has 0 bridgehead atoms. The number of hydrogen-bond donors (Lipinski definition) is 2. The van der Waals surface area contributed by atoms with Crippen LogP contribution in [0.1, 0.15) is 30.4 Å². The number of rotatable bonds is 7. The van der Waals surface area contributed by atoms with Gasteiger partial charge in [0.05, 0.1) is 35.6 Å². The molecule has 1 aliphatic rings. The van der Waals surface area contributed by atoms with Crippen LogP contribution in [0.3, 0.4) is 0 Å². The lowest BCUT2D eigenvalue weighted by Crippen LogP contribution is -2.60. The molecular weight excluding hydrogens is 499 g/mol. The summed E-state index contributed by atoms with van der Waals surface area (Å²) in [4.78, 5) is 23.1. The molecule has 4 aromatic rings. The van der Waals surface area contributed by atoms with Gasteiger partial charge in [-0.2, -0.15) is 4.98 Å². The van der Waals surface area contributed by atoms with Crippen molar-refractivity contribution < 1.29 is 23.0 Å². The Hall–Kier alpha value is -4.32. The summed E-state index contributed by atoms with van der Waals surface area (Å²) >= 11 is 0. The second kappa shape index (κ2) is 9.86. The Morgan fingerprint density at radius 3 is 2.47 bits per heavy atom. The second-order valence-electron chi connectivity index (χ2n) is 9.33. The van der Waals surface area contributed by atoms with E-state index in [2.05, 4.69) is 24.9 Å². The summed E-state index contributed by atoms with van der Waals surface area (Å²) in [6, 6.07) is 10.0. The Bertz CT molecular complexity index is 1470. The number of hydrogen-bond acceptors (Lipinski definition) is 9. The molecule has 1 aromatic carbocycles. The number of ether oxygens (including phenoxy) is 1. The lowest BCUT2D eigenvalue weighted by atomic mass is 9.98. The first-order valence-corrected chi connectivity index (χ1v) is 11.7. The number of nitrogens with two attached hydrogens (primary N) is 1. The van der Waals surface area contributed by atoms with Gasteiger partial charge >= 0.3 is 0 Å². The summed E-state index contributed by atoms with van der Waals surface area (Å²) in [5.41, 5.74) is 7.08. The highest BCUT2D eigenvalue weighted by molar-refractivity contribution is 5.85. The third-order valence-corrected chi connectivity index (χ3v) is 5.90. The molecule has 3 aromatic heterocycles. The molecule has 1 fully saturated rings. The first kappa shape index (κ1) is 25.3. The van der Waals surface area contributed by atoms with E-state index in [1.54, 1.807) is 32.2 Å². The van der Waals surface area contributed by atoms with Crippen molar-refractivity contribution in [3.63, 3.8) is 0 Å². The lowest BCUT2D eigenvalue weighted by Gasteiger charge is -2.44. The molecular formula is C26H24F3N7O2. The first-order valence-electron chi connectivity index (χ1n) is 11.7. The number of β-amino-alcohol motifs (C(OH)–C–C–N with tert-alkyl or cyclic N) is 1. The van der Waals surface area contributed by atoms with E-state index in [1.165, 1.54) is 30.3 Å². The van der Waals surface area contributed by atoms with Crippen LogP contribution in [0.15, 0.2) is 48.7 Å². The molecule has 0 unspecified atom stereocenters. The molecule has 0 aliphatic carbocycles. The first-order chi connectivity index (χ1) is 18.1. The summed E-state index contributed by atoms with van der Waals surface area (Å²) in [5, 5.41) is 10.0. The second-order valence-corrected chi connectivity index (χ2v) is 9.33.